The molecule has 0 aliphatic carbocycles. The normalized spacial score (nSPS) is 11.6. The second-order valence-electron chi connectivity index (χ2n) is 7.28. The Bertz CT molecular complexity index is 1290. The molecular weight excluding hydrogens is 368 g/mol. The molecule has 4 aromatic rings. The highest BCUT2D eigenvalue weighted by atomic mass is 16.5. The van der Waals surface area contributed by atoms with Gasteiger partial charge in [0.1, 0.15) is 0 Å². The zero-order valence-electron chi connectivity index (χ0n) is 17.0. The van der Waals surface area contributed by atoms with E-state index >= 15 is 0 Å². The van der Waals surface area contributed by atoms with Gasteiger partial charge in [0, 0.05) is 35.4 Å². The van der Waals surface area contributed by atoms with Gasteiger partial charge in [-0.1, -0.05) is 12.1 Å². The molecule has 0 spiro atoms. The molecule has 0 fully saturated rings. The minimum atomic E-state index is -0.0785. The van der Waals surface area contributed by atoms with Gasteiger partial charge in [0.15, 0.2) is 11.5 Å². The Kier molecular flexibility index (Phi) is 4.76. The number of methoxy groups -OCH3 is 2. The summed E-state index contributed by atoms with van der Waals surface area (Å²) in [6.07, 6.45) is 1.79. The second kappa shape index (κ2) is 7.25. The van der Waals surface area contributed by atoms with E-state index in [1.54, 1.807) is 26.5 Å². The number of aromatic nitrogens is 2. The minimum absolute atomic E-state index is 0.0785. The van der Waals surface area contributed by atoms with Crippen LogP contribution >= 0.6 is 0 Å². The van der Waals surface area contributed by atoms with Crippen LogP contribution in [0.3, 0.4) is 0 Å². The largest absolute Gasteiger partial charge is 0.493 e. The number of hydrogen-bond donors (Lipinski definition) is 1. The molecule has 2 heterocycles. The van der Waals surface area contributed by atoms with Crippen molar-refractivity contribution in [1.82, 2.24) is 14.5 Å². The summed E-state index contributed by atoms with van der Waals surface area (Å²) in [5.41, 5.74) is 8.19. The van der Waals surface area contributed by atoms with Crippen molar-refractivity contribution in [3.63, 3.8) is 0 Å². The van der Waals surface area contributed by atoms with Crippen molar-refractivity contribution in [2.24, 2.45) is 0 Å². The third-order valence-corrected chi connectivity index (χ3v) is 5.23. The average molecular weight is 392 g/mol. The molecule has 2 aromatic heterocycles. The van der Waals surface area contributed by atoms with Crippen LogP contribution in [0.2, 0.25) is 0 Å². The Balaban J connectivity index is 2.22. The molecule has 7 heteroatoms. The molecule has 2 aromatic carbocycles. The number of benzene rings is 2. The fraction of sp³-hybridized carbons (Fsp3) is 0.273. The molecule has 0 saturated heterocycles. The Labute approximate surface area is 168 Å². The van der Waals surface area contributed by atoms with E-state index in [1.807, 2.05) is 42.9 Å². The summed E-state index contributed by atoms with van der Waals surface area (Å²) in [7, 11) is 7.12. The number of nitrogens with two attached hydrogens (primary N) is 1. The van der Waals surface area contributed by atoms with Crippen molar-refractivity contribution in [3.8, 4) is 11.5 Å². The summed E-state index contributed by atoms with van der Waals surface area (Å²) in [5.74, 6) is 1.09. The number of hydrogen-bond acceptors (Lipinski definition) is 6. The first kappa shape index (κ1) is 19.0. The number of para-hydroxylation sites is 1. The molecule has 0 aliphatic rings. The molecule has 4 rings (SSSR count). The second-order valence-corrected chi connectivity index (χ2v) is 7.28. The van der Waals surface area contributed by atoms with Crippen LogP contribution < -0.4 is 20.8 Å². The lowest BCUT2D eigenvalue weighted by Crippen LogP contribution is -2.27. The first-order chi connectivity index (χ1) is 14.0. The SMILES string of the molecule is COc1cc2c(=O)n(CCN(C)C)c3c4cccc(N)c4ncc3c2cc1OC. The van der Waals surface area contributed by atoms with E-state index in [0.29, 0.717) is 34.6 Å². The maximum Gasteiger partial charge on any atom is 0.259 e. The molecule has 0 radical (unpaired) electrons. The fourth-order valence-electron chi connectivity index (χ4n) is 3.76. The third-order valence-electron chi connectivity index (χ3n) is 5.23. The third kappa shape index (κ3) is 3.03. The van der Waals surface area contributed by atoms with E-state index in [9.17, 15) is 4.79 Å². The Hall–Kier alpha value is -3.32. The van der Waals surface area contributed by atoms with E-state index in [1.165, 1.54) is 0 Å². The zero-order valence-corrected chi connectivity index (χ0v) is 17.0. The van der Waals surface area contributed by atoms with Crippen molar-refractivity contribution in [3.05, 3.63) is 46.9 Å². The van der Waals surface area contributed by atoms with Crippen LogP contribution in [-0.4, -0.2) is 49.3 Å². The topological polar surface area (TPSA) is 82.6 Å². The maximum atomic E-state index is 13.5. The Morgan fingerprint density at radius 1 is 1.03 bits per heavy atom. The van der Waals surface area contributed by atoms with E-state index in [4.69, 9.17) is 15.2 Å². The summed E-state index contributed by atoms with van der Waals surface area (Å²) in [6, 6.07) is 9.25. The van der Waals surface area contributed by atoms with Crippen LogP contribution in [0.4, 0.5) is 5.69 Å². The van der Waals surface area contributed by atoms with Gasteiger partial charge in [-0.05, 0) is 32.3 Å². The highest BCUT2D eigenvalue weighted by Crippen LogP contribution is 2.36. The minimum Gasteiger partial charge on any atom is -0.493 e. The molecule has 150 valence electrons. The van der Waals surface area contributed by atoms with Crippen molar-refractivity contribution in [2.45, 2.75) is 6.54 Å². The molecular formula is C22H24N4O3. The molecule has 0 aliphatic heterocycles. The van der Waals surface area contributed by atoms with Gasteiger partial charge in [-0.2, -0.15) is 0 Å². The predicted molar refractivity (Wildman–Crippen MR) is 117 cm³/mol. The molecule has 0 atom stereocenters. The molecule has 0 bridgehead atoms. The van der Waals surface area contributed by atoms with Crippen LogP contribution in [0, 0.1) is 0 Å². The Morgan fingerprint density at radius 3 is 2.38 bits per heavy atom. The molecule has 0 amide bonds. The summed E-state index contributed by atoms with van der Waals surface area (Å²) in [5, 5.41) is 3.08. The van der Waals surface area contributed by atoms with Crippen LogP contribution in [0.25, 0.3) is 32.6 Å². The number of fused-ring (bicyclic) bond motifs is 5. The van der Waals surface area contributed by atoms with Gasteiger partial charge in [-0.25, -0.2) is 0 Å². The lowest BCUT2D eigenvalue weighted by Gasteiger charge is -2.18. The zero-order chi connectivity index (χ0) is 20.7. The fourth-order valence-corrected chi connectivity index (χ4v) is 3.76. The number of anilines is 1. The van der Waals surface area contributed by atoms with Gasteiger partial charge < -0.3 is 24.7 Å². The average Bonchev–Trinajstić information content (AvgIpc) is 2.72. The summed E-state index contributed by atoms with van der Waals surface area (Å²) < 4.78 is 12.7. The molecule has 29 heavy (non-hydrogen) atoms. The van der Waals surface area contributed by atoms with E-state index in [-0.39, 0.29) is 5.56 Å². The quantitative estimate of drug-likeness (QED) is 0.415. The van der Waals surface area contributed by atoms with Crippen molar-refractivity contribution in [1.29, 1.82) is 0 Å². The molecule has 7 nitrogen and oxygen atoms in total. The first-order valence-corrected chi connectivity index (χ1v) is 9.36. The monoisotopic (exact) mass is 392 g/mol. The van der Waals surface area contributed by atoms with E-state index in [0.717, 1.165) is 28.2 Å². The van der Waals surface area contributed by atoms with Crippen LogP contribution in [0.1, 0.15) is 0 Å². The van der Waals surface area contributed by atoms with Crippen LogP contribution in [-0.2, 0) is 6.54 Å². The highest BCUT2D eigenvalue weighted by molar-refractivity contribution is 6.16. The number of likely N-dealkylation sites (N-methyl/N-ethyl adjacent to an activating group) is 1. The summed E-state index contributed by atoms with van der Waals surface area (Å²) in [4.78, 5) is 20.2. The highest BCUT2D eigenvalue weighted by Gasteiger charge is 2.18. The number of rotatable bonds is 5. The number of nitrogen functional groups attached to an aromatic ring is 1. The van der Waals surface area contributed by atoms with Crippen LogP contribution in [0.15, 0.2) is 41.3 Å². The van der Waals surface area contributed by atoms with Gasteiger partial charge in [-0.3, -0.25) is 9.78 Å². The van der Waals surface area contributed by atoms with E-state index < -0.39 is 0 Å². The smallest absolute Gasteiger partial charge is 0.259 e. The number of pyridine rings is 2. The predicted octanol–water partition coefficient (Wildman–Crippen LogP) is 2.86. The van der Waals surface area contributed by atoms with E-state index in [2.05, 4.69) is 9.88 Å². The van der Waals surface area contributed by atoms with Gasteiger partial charge in [0.2, 0.25) is 0 Å². The first-order valence-electron chi connectivity index (χ1n) is 9.36. The molecule has 0 saturated carbocycles. The van der Waals surface area contributed by atoms with Gasteiger partial charge in [0.25, 0.3) is 5.56 Å². The molecule has 2 N–H and O–H groups in total. The van der Waals surface area contributed by atoms with Crippen LogP contribution in [0.5, 0.6) is 11.5 Å². The van der Waals surface area contributed by atoms with Gasteiger partial charge in [0.05, 0.1) is 36.3 Å². The lowest BCUT2D eigenvalue weighted by atomic mass is 10.0. The van der Waals surface area contributed by atoms with Crippen molar-refractivity contribution >= 4 is 38.3 Å². The maximum absolute atomic E-state index is 13.5. The summed E-state index contributed by atoms with van der Waals surface area (Å²) in [6.45, 7) is 1.26. The Morgan fingerprint density at radius 2 is 1.72 bits per heavy atom. The standard InChI is InChI=1S/C22H24N4O3/c1-25(2)8-9-26-21-13-6-5-7-17(23)20(13)24-12-16(21)14-10-18(28-3)19(29-4)11-15(14)22(26)27/h5-7,10-12H,8-9,23H2,1-4H3. The number of ether oxygens (including phenoxy) is 2. The van der Waals surface area contributed by atoms with Gasteiger partial charge >= 0.3 is 0 Å². The lowest BCUT2D eigenvalue weighted by molar-refractivity contribution is 0.356. The number of nitrogens with zero attached hydrogens (tertiary/aromatic N) is 3. The van der Waals surface area contributed by atoms with Crippen molar-refractivity contribution in [2.75, 3.05) is 40.6 Å². The van der Waals surface area contributed by atoms with Crippen molar-refractivity contribution < 1.29 is 9.47 Å². The van der Waals surface area contributed by atoms with Gasteiger partial charge in [-0.15, -0.1) is 0 Å². The summed E-state index contributed by atoms with van der Waals surface area (Å²) >= 11 is 0. The molecule has 0 unspecified atom stereocenters.